The normalized spacial score (nSPS) is 16.7. The van der Waals surface area contributed by atoms with Crippen molar-refractivity contribution in [3.05, 3.63) is 29.0 Å². The molecule has 1 saturated carbocycles. The van der Waals surface area contributed by atoms with Gasteiger partial charge in [0.1, 0.15) is 6.04 Å². The third-order valence-electron chi connectivity index (χ3n) is 3.31. The predicted octanol–water partition coefficient (Wildman–Crippen LogP) is 2.54. The van der Waals surface area contributed by atoms with E-state index in [1.54, 1.807) is 0 Å². The van der Waals surface area contributed by atoms with Gasteiger partial charge in [0.05, 0.1) is 11.0 Å². The van der Waals surface area contributed by atoms with E-state index in [0.29, 0.717) is 10.8 Å². The fraction of sp³-hybridized carbons (Fsp3) is 0.385. The molecule has 1 aliphatic rings. The molecule has 0 bridgehead atoms. The van der Waals surface area contributed by atoms with E-state index in [1.807, 2.05) is 35.8 Å². The van der Waals surface area contributed by atoms with E-state index < -0.39 is 0 Å². The van der Waals surface area contributed by atoms with Crippen LogP contribution in [0.4, 0.5) is 0 Å². The summed E-state index contributed by atoms with van der Waals surface area (Å²) in [5, 5.41) is 3.01. The molecule has 4 nitrogen and oxygen atoms in total. The summed E-state index contributed by atoms with van der Waals surface area (Å²) in [7, 11) is 0. The molecule has 1 aromatic heterocycles. The summed E-state index contributed by atoms with van der Waals surface area (Å²) in [5.41, 5.74) is 1.94. The maximum absolute atomic E-state index is 12.1. The van der Waals surface area contributed by atoms with Gasteiger partial charge in [0.2, 0.25) is 5.91 Å². The Morgan fingerprint density at radius 2 is 2.22 bits per heavy atom. The van der Waals surface area contributed by atoms with E-state index in [9.17, 15) is 4.79 Å². The minimum atomic E-state index is -0.283. The molecule has 0 spiro atoms. The molecular formula is C13H15N3OS. The zero-order valence-corrected chi connectivity index (χ0v) is 11.0. The van der Waals surface area contributed by atoms with Gasteiger partial charge in [0, 0.05) is 6.04 Å². The number of amides is 1. The van der Waals surface area contributed by atoms with E-state index in [4.69, 9.17) is 12.2 Å². The van der Waals surface area contributed by atoms with Crippen molar-refractivity contribution in [3.8, 4) is 0 Å². The summed E-state index contributed by atoms with van der Waals surface area (Å²) in [5.74, 6) is 0.0401. The molecule has 3 rings (SSSR count). The van der Waals surface area contributed by atoms with Gasteiger partial charge >= 0.3 is 0 Å². The third-order valence-corrected chi connectivity index (χ3v) is 3.61. The van der Waals surface area contributed by atoms with Crippen LogP contribution >= 0.6 is 12.2 Å². The van der Waals surface area contributed by atoms with Crippen molar-refractivity contribution in [2.45, 2.75) is 31.8 Å². The standard InChI is InChI=1S/C13H15N3OS/c1-8(12(17)14-9-6-7-9)16-11-5-3-2-4-10(11)15-13(16)18/h2-5,8-9H,6-7H2,1H3,(H,14,17)(H,15,18). The first-order valence-corrected chi connectivity index (χ1v) is 6.57. The summed E-state index contributed by atoms with van der Waals surface area (Å²) >= 11 is 5.31. The second-order valence-corrected chi connectivity index (χ2v) is 5.16. The molecule has 1 amide bonds. The minimum Gasteiger partial charge on any atom is -0.352 e. The first kappa shape index (κ1) is 11.5. The van der Waals surface area contributed by atoms with Crippen molar-refractivity contribution in [1.82, 2.24) is 14.9 Å². The van der Waals surface area contributed by atoms with Crippen LogP contribution in [-0.2, 0) is 4.79 Å². The Balaban J connectivity index is 1.99. The molecule has 0 saturated heterocycles. The van der Waals surface area contributed by atoms with E-state index >= 15 is 0 Å². The van der Waals surface area contributed by atoms with Crippen molar-refractivity contribution in [3.63, 3.8) is 0 Å². The summed E-state index contributed by atoms with van der Waals surface area (Å²) in [6.07, 6.45) is 2.19. The zero-order valence-electron chi connectivity index (χ0n) is 10.1. The quantitative estimate of drug-likeness (QED) is 0.834. The Morgan fingerprint density at radius 1 is 1.50 bits per heavy atom. The summed E-state index contributed by atoms with van der Waals surface area (Å²) in [6.45, 7) is 1.88. The van der Waals surface area contributed by atoms with E-state index in [2.05, 4.69) is 10.3 Å². The maximum Gasteiger partial charge on any atom is 0.243 e. The van der Waals surface area contributed by atoms with Crippen LogP contribution in [0, 0.1) is 4.77 Å². The lowest BCUT2D eigenvalue weighted by Gasteiger charge is -2.14. The van der Waals surface area contributed by atoms with Crippen LogP contribution in [0.25, 0.3) is 11.0 Å². The van der Waals surface area contributed by atoms with E-state index in [0.717, 1.165) is 23.9 Å². The van der Waals surface area contributed by atoms with Crippen LogP contribution in [0.15, 0.2) is 24.3 Å². The molecule has 1 unspecified atom stereocenters. The lowest BCUT2D eigenvalue weighted by atomic mass is 10.2. The van der Waals surface area contributed by atoms with Crippen molar-refractivity contribution in [2.24, 2.45) is 0 Å². The van der Waals surface area contributed by atoms with Crippen LogP contribution in [0.3, 0.4) is 0 Å². The highest BCUT2D eigenvalue weighted by molar-refractivity contribution is 7.71. The predicted molar refractivity (Wildman–Crippen MR) is 73.0 cm³/mol. The largest absolute Gasteiger partial charge is 0.352 e. The van der Waals surface area contributed by atoms with Gasteiger partial charge < -0.3 is 14.9 Å². The van der Waals surface area contributed by atoms with Crippen LogP contribution in [0.5, 0.6) is 0 Å². The molecule has 1 aromatic carbocycles. The lowest BCUT2D eigenvalue weighted by Crippen LogP contribution is -2.32. The SMILES string of the molecule is CC(C(=O)NC1CC1)n1c(=S)[nH]c2ccccc21. The number of fused-ring (bicyclic) bond motifs is 1. The third kappa shape index (κ3) is 1.95. The molecular weight excluding hydrogens is 246 g/mol. The molecule has 2 aromatic rings. The van der Waals surface area contributed by atoms with Gasteiger partial charge in [0.15, 0.2) is 4.77 Å². The number of rotatable bonds is 3. The highest BCUT2D eigenvalue weighted by Crippen LogP contribution is 2.22. The van der Waals surface area contributed by atoms with Gasteiger partial charge in [-0.2, -0.15) is 0 Å². The molecule has 1 heterocycles. The number of aromatic amines is 1. The summed E-state index contributed by atoms with van der Waals surface area (Å²) in [4.78, 5) is 15.2. The van der Waals surface area contributed by atoms with Crippen molar-refractivity contribution in [1.29, 1.82) is 0 Å². The van der Waals surface area contributed by atoms with Gasteiger partial charge in [-0.25, -0.2) is 0 Å². The number of carbonyl (C=O) groups is 1. The Bertz CT molecular complexity index is 654. The molecule has 0 aliphatic heterocycles. The average molecular weight is 261 g/mol. The van der Waals surface area contributed by atoms with Crippen LogP contribution in [0.1, 0.15) is 25.8 Å². The van der Waals surface area contributed by atoms with Gasteiger partial charge in [-0.1, -0.05) is 12.1 Å². The number of carbonyl (C=O) groups excluding carboxylic acids is 1. The van der Waals surface area contributed by atoms with Gasteiger partial charge in [-0.15, -0.1) is 0 Å². The topological polar surface area (TPSA) is 49.8 Å². The van der Waals surface area contributed by atoms with Gasteiger partial charge in [-0.05, 0) is 44.1 Å². The van der Waals surface area contributed by atoms with Crippen LogP contribution in [0.2, 0.25) is 0 Å². The molecule has 94 valence electrons. The second-order valence-electron chi connectivity index (χ2n) is 4.78. The van der Waals surface area contributed by atoms with Crippen molar-refractivity contribution < 1.29 is 4.79 Å². The number of para-hydroxylation sites is 2. The lowest BCUT2D eigenvalue weighted by molar-refractivity contribution is -0.123. The number of hydrogen-bond donors (Lipinski definition) is 2. The smallest absolute Gasteiger partial charge is 0.243 e. The molecule has 2 N–H and O–H groups in total. The minimum absolute atomic E-state index is 0.0401. The molecule has 18 heavy (non-hydrogen) atoms. The van der Waals surface area contributed by atoms with Gasteiger partial charge in [0.25, 0.3) is 0 Å². The number of benzene rings is 1. The Morgan fingerprint density at radius 3 is 2.94 bits per heavy atom. The number of nitrogens with zero attached hydrogens (tertiary/aromatic N) is 1. The molecule has 1 aliphatic carbocycles. The second kappa shape index (κ2) is 4.24. The van der Waals surface area contributed by atoms with Crippen LogP contribution < -0.4 is 5.32 Å². The molecule has 0 radical (unpaired) electrons. The average Bonchev–Trinajstić information content (AvgIpc) is 3.09. The summed E-state index contributed by atoms with van der Waals surface area (Å²) in [6, 6.07) is 7.93. The number of nitrogens with one attached hydrogen (secondary N) is 2. The van der Waals surface area contributed by atoms with Crippen molar-refractivity contribution >= 4 is 29.2 Å². The molecule has 1 fully saturated rings. The van der Waals surface area contributed by atoms with E-state index in [-0.39, 0.29) is 11.9 Å². The monoisotopic (exact) mass is 261 g/mol. The fourth-order valence-electron chi connectivity index (χ4n) is 2.13. The molecule has 1 atom stereocenters. The van der Waals surface area contributed by atoms with Crippen molar-refractivity contribution in [2.75, 3.05) is 0 Å². The Kier molecular flexibility index (Phi) is 2.70. The number of aromatic nitrogens is 2. The Labute approximate surface area is 110 Å². The van der Waals surface area contributed by atoms with Gasteiger partial charge in [-0.3, -0.25) is 4.79 Å². The zero-order chi connectivity index (χ0) is 12.7. The number of hydrogen-bond acceptors (Lipinski definition) is 2. The maximum atomic E-state index is 12.1. The first-order chi connectivity index (χ1) is 8.66. The molecule has 5 heteroatoms. The number of H-pyrrole nitrogens is 1. The van der Waals surface area contributed by atoms with Crippen LogP contribution in [-0.4, -0.2) is 21.5 Å². The summed E-state index contributed by atoms with van der Waals surface area (Å²) < 4.78 is 2.47. The van der Waals surface area contributed by atoms with E-state index in [1.165, 1.54) is 0 Å². The number of imidazole rings is 1. The highest BCUT2D eigenvalue weighted by atomic mass is 32.1. The first-order valence-electron chi connectivity index (χ1n) is 6.16. The highest BCUT2D eigenvalue weighted by Gasteiger charge is 2.27. The fourth-order valence-corrected chi connectivity index (χ4v) is 2.49. The Hall–Kier alpha value is -1.62.